The van der Waals surface area contributed by atoms with Crippen molar-refractivity contribution in [2.75, 3.05) is 16.8 Å². The van der Waals surface area contributed by atoms with Crippen molar-refractivity contribution in [1.29, 1.82) is 0 Å². The molecule has 3 aromatic rings. The summed E-state index contributed by atoms with van der Waals surface area (Å²) in [4.78, 5) is 27.4. The Labute approximate surface area is 166 Å². The van der Waals surface area contributed by atoms with Crippen LogP contribution in [0.4, 0.5) is 15.8 Å². The van der Waals surface area contributed by atoms with Crippen LogP contribution in [-0.4, -0.2) is 18.4 Å². The van der Waals surface area contributed by atoms with Gasteiger partial charge < -0.3 is 10.2 Å². The van der Waals surface area contributed by atoms with Crippen molar-refractivity contribution in [2.45, 2.75) is 19.8 Å². The molecule has 4 nitrogen and oxygen atoms in total. The van der Waals surface area contributed by atoms with Crippen molar-refractivity contribution in [3.63, 3.8) is 0 Å². The van der Waals surface area contributed by atoms with E-state index in [1.807, 2.05) is 18.2 Å². The number of carbonyl (C=O) groups excluding carboxylic acids is 2. The zero-order chi connectivity index (χ0) is 19.7. The summed E-state index contributed by atoms with van der Waals surface area (Å²) in [5.74, 6) is -0.509. The van der Waals surface area contributed by atoms with E-state index in [1.54, 1.807) is 42.2 Å². The number of hydrogen-bond acceptors (Lipinski definition) is 3. The first-order chi connectivity index (χ1) is 13.5. The Morgan fingerprint density at radius 3 is 2.71 bits per heavy atom. The smallest absolute Gasteiger partial charge is 0.265 e. The molecule has 0 saturated carbocycles. The number of nitrogens with zero attached hydrogens (tertiary/aromatic N) is 1. The van der Waals surface area contributed by atoms with Gasteiger partial charge in [0, 0.05) is 35.3 Å². The summed E-state index contributed by atoms with van der Waals surface area (Å²) in [6, 6.07) is 15.6. The van der Waals surface area contributed by atoms with Gasteiger partial charge in [0.05, 0.1) is 4.88 Å². The summed E-state index contributed by atoms with van der Waals surface area (Å²) in [5, 5.41) is 2.91. The van der Waals surface area contributed by atoms with Gasteiger partial charge in [0.15, 0.2) is 0 Å². The molecular formula is C22H19FN2O2S. The highest BCUT2D eigenvalue weighted by Gasteiger charge is 2.20. The van der Waals surface area contributed by atoms with Crippen LogP contribution in [0.15, 0.2) is 54.6 Å². The number of nitrogens with one attached hydrogen (secondary N) is 1. The number of halogens is 1. The normalized spacial score (nSPS) is 13.1. The zero-order valence-corrected chi connectivity index (χ0v) is 16.2. The number of rotatable bonds is 3. The Hall–Kier alpha value is -2.99. The van der Waals surface area contributed by atoms with Crippen LogP contribution in [0.3, 0.4) is 0 Å². The standard InChI is InChI=1S/C22H19FN2O2S/c1-14(26)25-12-4-5-15-13-16(8-9-19(15)25)24-22(27)21-11-10-20(28-21)17-6-2-3-7-18(17)23/h2-3,6-11,13H,4-5,12H2,1H3,(H,24,27). The number of aryl methyl sites for hydroxylation is 1. The number of benzene rings is 2. The van der Waals surface area contributed by atoms with E-state index in [4.69, 9.17) is 0 Å². The summed E-state index contributed by atoms with van der Waals surface area (Å²) < 4.78 is 14.0. The molecule has 0 unspecified atom stereocenters. The molecule has 1 aromatic heterocycles. The minimum atomic E-state index is -0.305. The van der Waals surface area contributed by atoms with Crippen LogP contribution in [0.5, 0.6) is 0 Å². The summed E-state index contributed by atoms with van der Waals surface area (Å²) in [6.45, 7) is 2.29. The molecule has 1 aliphatic rings. The molecule has 2 heterocycles. The Bertz CT molecular complexity index is 1060. The lowest BCUT2D eigenvalue weighted by Gasteiger charge is -2.28. The third kappa shape index (κ3) is 3.55. The summed E-state index contributed by atoms with van der Waals surface area (Å²) >= 11 is 1.26. The van der Waals surface area contributed by atoms with E-state index in [0.717, 1.165) is 30.6 Å². The Kier molecular flexibility index (Phi) is 4.96. The fraction of sp³-hybridized carbons (Fsp3) is 0.182. The van der Waals surface area contributed by atoms with Gasteiger partial charge in [-0.3, -0.25) is 9.59 Å². The summed E-state index contributed by atoms with van der Waals surface area (Å²) in [6.07, 6.45) is 1.78. The topological polar surface area (TPSA) is 49.4 Å². The molecule has 0 atom stereocenters. The van der Waals surface area contributed by atoms with Crippen molar-refractivity contribution in [3.05, 3.63) is 70.9 Å². The number of anilines is 2. The van der Waals surface area contributed by atoms with E-state index in [1.165, 1.54) is 17.4 Å². The molecule has 1 aliphatic heterocycles. The van der Waals surface area contributed by atoms with Crippen molar-refractivity contribution in [3.8, 4) is 10.4 Å². The van der Waals surface area contributed by atoms with Crippen LogP contribution in [0.2, 0.25) is 0 Å². The fourth-order valence-corrected chi connectivity index (χ4v) is 4.39. The van der Waals surface area contributed by atoms with Gasteiger partial charge in [-0.1, -0.05) is 18.2 Å². The predicted molar refractivity (Wildman–Crippen MR) is 110 cm³/mol. The van der Waals surface area contributed by atoms with Gasteiger partial charge in [-0.25, -0.2) is 4.39 Å². The van der Waals surface area contributed by atoms with Gasteiger partial charge in [0.2, 0.25) is 5.91 Å². The third-order valence-corrected chi connectivity index (χ3v) is 5.92. The van der Waals surface area contributed by atoms with Gasteiger partial charge >= 0.3 is 0 Å². The maximum Gasteiger partial charge on any atom is 0.265 e. The molecule has 0 fully saturated rings. The lowest BCUT2D eigenvalue weighted by atomic mass is 10.0. The van der Waals surface area contributed by atoms with Gasteiger partial charge in [-0.05, 0) is 54.8 Å². The number of fused-ring (bicyclic) bond motifs is 1. The van der Waals surface area contributed by atoms with E-state index in [9.17, 15) is 14.0 Å². The lowest BCUT2D eigenvalue weighted by Crippen LogP contribution is -2.33. The fourth-order valence-electron chi connectivity index (χ4n) is 3.46. The minimum absolute atomic E-state index is 0.0250. The van der Waals surface area contributed by atoms with Crippen LogP contribution in [0, 0.1) is 5.82 Å². The molecule has 0 spiro atoms. The van der Waals surface area contributed by atoms with Crippen molar-refractivity contribution in [1.82, 2.24) is 0 Å². The number of hydrogen-bond donors (Lipinski definition) is 1. The molecule has 2 aromatic carbocycles. The van der Waals surface area contributed by atoms with Crippen molar-refractivity contribution >= 4 is 34.5 Å². The second-order valence-corrected chi connectivity index (χ2v) is 7.80. The van der Waals surface area contributed by atoms with Crippen LogP contribution in [0.1, 0.15) is 28.6 Å². The Morgan fingerprint density at radius 1 is 1.11 bits per heavy atom. The minimum Gasteiger partial charge on any atom is -0.321 e. The molecule has 0 bridgehead atoms. The molecule has 2 amide bonds. The second-order valence-electron chi connectivity index (χ2n) is 6.72. The zero-order valence-electron chi connectivity index (χ0n) is 15.4. The van der Waals surface area contributed by atoms with Gasteiger partial charge in [-0.15, -0.1) is 11.3 Å². The number of carbonyl (C=O) groups is 2. The lowest BCUT2D eigenvalue weighted by molar-refractivity contribution is -0.116. The van der Waals surface area contributed by atoms with E-state index in [2.05, 4.69) is 5.32 Å². The SMILES string of the molecule is CC(=O)N1CCCc2cc(NC(=O)c3ccc(-c4ccccc4F)s3)ccc21. The van der Waals surface area contributed by atoms with Crippen LogP contribution >= 0.6 is 11.3 Å². The van der Waals surface area contributed by atoms with Crippen molar-refractivity contribution < 1.29 is 14.0 Å². The highest BCUT2D eigenvalue weighted by atomic mass is 32.1. The van der Waals surface area contributed by atoms with Gasteiger partial charge in [-0.2, -0.15) is 0 Å². The molecule has 1 N–H and O–H groups in total. The number of amides is 2. The molecular weight excluding hydrogens is 375 g/mol. The van der Waals surface area contributed by atoms with Crippen LogP contribution in [0.25, 0.3) is 10.4 Å². The highest BCUT2D eigenvalue weighted by molar-refractivity contribution is 7.17. The van der Waals surface area contributed by atoms with E-state index < -0.39 is 0 Å². The van der Waals surface area contributed by atoms with Crippen molar-refractivity contribution in [2.24, 2.45) is 0 Å². The number of thiophene rings is 1. The van der Waals surface area contributed by atoms with Crippen LogP contribution < -0.4 is 10.2 Å². The molecule has 4 rings (SSSR count). The summed E-state index contributed by atoms with van der Waals surface area (Å²) in [7, 11) is 0. The maximum absolute atomic E-state index is 14.0. The maximum atomic E-state index is 14.0. The average molecular weight is 394 g/mol. The monoisotopic (exact) mass is 394 g/mol. The van der Waals surface area contributed by atoms with E-state index in [-0.39, 0.29) is 17.6 Å². The largest absolute Gasteiger partial charge is 0.321 e. The first-order valence-electron chi connectivity index (χ1n) is 9.10. The molecule has 0 aliphatic carbocycles. The Morgan fingerprint density at radius 2 is 1.93 bits per heavy atom. The van der Waals surface area contributed by atoms with Gasteiger partial charge in [0.1, 0.15) is 5.82 Å². The van der Waals surface area contributed by atoms with Gasteiger partial charge in [0.25, 0.3) is 5.91 Å². The highest BCUT2D eigenvalue weighted by Crippen LogP contribution is 2.32. The third-order valence-electron chi connectivity index (χ3n) is 4.81. The second kappa shape index (κ2) is 7.56. The van der Waals surface area contributed by atoms with Crippen LogP contribution in [-0.2, 0) is 11.2 Å². The first kappa shape index (κ1) is 18.4. The quantitative estimate of drug-likeness (QED) is 0.671. The molecule has 0 saturated heterocycles. The van der Waals surface area contributed by atoms with E-state index >= 15 is 0 Å². The molecule has 6 heteroatoms. The Balaban J connectivity index is 1.53. The first-order valence-corrected chi connectivity index (χ1v) is 9.92. The molecule has 28 heavy (non-hydrogen) atoms. The average Bonchev–Trinajstić information content (AvgIpc) is 3.17. The molecule has 142 valence electrons. The van der Waals surface area contributed by atoms with E-state index in [0.29, 0.717) is 21.0 Å². The predicted octanol–water partition coefficient (Wildman–Crippen LogP) is 5.11. The summed E-state index contributed by atoms with van der Waals surface area (Å²) in [5.41, 5.74) is 3.15. The molecule has 0 radical (unpaired) electrons.